The molecule has 4 heterocycles. The van der Waals surface area contributed by atoms with Crippen LogP contribution in [0.15, 0.2) is 97.3 Å². The molecule has 208 valence electrons. The van der Waals surface area contributed by atoms with Crippen molar-refractivity contribution in [1.29, 1.82) is 0 Å². The first kappa shape index (κ1) is 25.7. The Morgan fingerprint density at radius 3 is 2.43 bits per heavy atom. The third-order valence-corrected chi connectivity index (χ3v) is 8.71. The van der Waals surface area contributed by atoms with Crippen molar-refractivity contribution in [3.05, 3.63) is 125 Å². The molecule has 1 N–H and O–H groups in total. The molecular weight excluding hydrogens is 530 g/mol. The van der Waals surface area contributed by atoms with Gasteiger partial charge >= 0.3 is 0 Å². The topological polar surface area (TPSA) is 97.8 Å². The fraction of sp³-hybridized carbons (Fsp3) is 0.176. The number of Topliss-reactive ketones (excluding diaryl/α,β-unsaturated/α-hetero) is 2. The standard InChI is InChI=1S/C34H27N3O5/c1-41-26-15-14-21(19-27(26)42-2)30(38)28-29(31(39)25-13-7-8-17-35-25)37-18-16-20-9-3-4-10-22(20)32(37)34(28)23-11-5-6-12-24(23)36-33(34)40/h3-19,28-29,32H,1-2H3,(H,36,40)/t28-,29+,32-,34+/m0/s1. The smallest absolute Gasteiger partial charge is 0.238 e. The number of benzene rings is 3. The van der Waals surface area contributed by atoms with Gasteiger partial charge in [0.15, 0.2) is 17.3 Å². The maximum absolute atomic E-state index is 14.9. The molecule has 8 nitrogen and oxygen atoms in total. The summed E-state index contributed by atoms with van der Waals surface area (Å²) >= 11 is 0. The van der Waals surface area contributed by atoms with Crippen molar-refractivity contribution in [1.82, 2.24) is 9.88 Å². The lowest BCUT2D eigenvalue weighted by Gasteiger charge is -2.38. The van der Waals surface area contributed by atoms with Crippen LogP contribution >= 0.6 is 0 Å². The second-order valence-corrected chi connectivity index (χ2v) is 10.6. The van der Waals surface area contributed by atoms with Crippen LogP contribution in [0.4, 0.5) is 5.69 Å². The van der Waals surface area contributed by atoms with Crippen molar-refractivity contribution in [2.75, 3.05) is 19.5 Å². The molecule has 4 atom stereocenters. The number of ketones is 2. The molecule has 0 unspecified atom stereocenters. The Labute approximate surface area is 242 Å². The van der Waals surface area contributed by atoms with E-state index in [9.17, 15) is 14.4 Å². The number of hydrogen-bond acceptors (Lipinski definition) is 7. The summed E-state index contributed by atoms with van der Waals surface area (Å²) in [4.78, 5) is 50.2. The monoisotopic (exact) mass is 557 g/mol. The third kappa shape index (κ3) is 3.48. The first-order valence-electron chi connectivity index (χ1n) is 13.7. The first-order valence-corrected chi connectivity index (χ1v) is 13.7. The van der Waals surface area contributed by atoms with Gasteiger partial charge in [0.2, 0.25) is 11.7 Å². The Hall–Kier alpha value is -5.24. The van der Waals surface area contributed by atoms with Crippen LogP contribution < -0.4 is 14.8 Å². The number of carbonyl (C=O) groups excluding carboxylic acids is 3. The molecule has 0 saturated carbocycles. The molecular formula is C34H27N3O5. The number of aromatic nitrogens is 1. The van der Waals surface area contributed by atoms with Crippen molar-refractivity contribution >= 4 is 29.2 Å². The van der Waals surface area contributed by atoms with E-state index in [0.29, 0.717) is 28.3 Å². The van der Waals surface area contributed by atoms with E-state index in [2.05, 4.69) is 10.3 Å². The summed E-state index contributed by atoms with van der Waals surface area (Å²) in [5.74, 6) is -1.26. The summed E-state index contributed by atoms with van der Waals surface area (Å²) < 4.78 is 10.9. The van der Waals surface area contributed by atoms with Crippen LogP contribution in [0.2, 0.25) is 0 Å². The van der Waals surface area contributed by atoms with Gasteiger partial charge in [-0.05, 0) is 59.2 Å². The Morgan fingerprint density at radius 2 is 1.64 bits per heavy atom. The van der Waals surface area contributed by atoms with Gasteiger partial charge in [0.05, 0.1) is 26.2 Å². The molecule has 0 aliphatic carbocycles. The van der Waals surface area contributed by atoms with Crippen LogP contribution in [0.1, 0.15) is 43.6 Å². The number of carbonyl (C=O) groups is 3. The molecule has 42 heavy (non-hydrogen) atoms. The van der Waals surface area contributed by atoms with Crippen molar-refractivity contribution in [3.8, 4) is 11.5 Å². The number of ether oxygens (including phenoxy) is 2. The second-order valence-electron chi connectivity index (χ2n) is 10.6. The fourth-order valence-electron chi connectivity index (χ4n) is 7.00. The molecule has 1 saturated heterocycles. The average molecular weight is 558 g/mol. The molecule has 4 aromatic rings. The highest BCUT2D eigenvalue weighted by atomic mass is 16.5. The van der Waals surface area contributed by atoms with Crippen molar-refractivity contribution in [3.63, 3.8) is 0 Å². The number of nitrogens with one attached hydrogen (secondary N) is 1. The van der Waals surface area contributed by atoms with Gasteiger partial charge in [-0.15, -0.1) is 0 Å². The first-order chi connectivity index (χ1) is 20.5. The largest absolute Gasteiger partial charge is 0.493 e. The number of pyridine rings is 1. The van der Waals surface area contributed by atoms with E-state index in [4.69, 9.17) is 9.47 Å². The zero-order chi connectivity index (χ0) is 29.0. The number of hydrogen-bond donors (Lipinski definition) is 1. The maximum Gasteiger partial charge on any atom is 0.238 e. The average Bonchev–Trinajstić information content (AvgIpc) is 3.52. The summed E-state index contributed by atoms with van der Waals surface area (Å²) in [7, 11) is 3.02. The zero-order valence-corrected chi connectivity index (χ0v) is 23.0. The van der Waals surface area contributed by atoms with Crippen LogP contribution in [0, 0.1) is 5.92 Å². The molecule has 3 aromatic carbocycles. The maximum atomic E-state index is 14.9. The Kier molecular flexibility index (Phi) is 5.93. The molecule has 1 spiro atoms. The van der Waals surface area contributed by atoms with Gasteiger partial charge in [-0.1, -0.05) is 48.5 Å². The molecule has 3 aliphatic rings. The number of anilines is 1. The third-order valence-electron chi connectivity index (χ3n) is 8.71. The highest BCUT2D eigenvalue weighted by Gasteiger charge is 2.70. The normalized spacial score (nSPS) is 23.1. The van der Waals surface area contributed by atoms with Gasteiger partial charge < -0.3 is 19.7 Å². The van der Waals surface area contributed by atoms with E-state index in [1.165, 1.54) is 14.2 Å². The number of amides is 1. The van der Waals surface area contributed by atoms with Gasteiger partial charge in [0.25, 0.3) is 0 Å². The van der Waals surface area contributed by atoms with E-state index in [-0.39, 0.29) is 23.2 Å². The number of fused-ring (bicyclic) bond motifs is 6. The van der Waals surface area contributed by atoms with Gasteiger partial charge in [-0.25, -0.2) is 0 Å². The van der Waals surface area contributed by atoms with Gasteiger partial charge in [0, 0.05) is 23.6 Å². The van der Waals surface area contributed by atoms with E-state index in [1.807, 2.05) is 65.7 Å². The molecule has 1 aromatic heterocycles. The number of rotatable bonds is 6. The summed E-state index contributed by atoms with van der Waals surface area (Å²) in [5, 5.41) is 3.06. The van der Waals surface area contributed by atoms with Crippen LogP contribution in [-0.4, -0.2) is 47.6 Å². The van der Waals surface area contributed by atoms with Crippen LogP contribution in [0.25, 0.3) is 6.08 Å². The number of nitrogens with zero attached hydrogens (tertiary/aromatic N) is 2. The molecule has 1 fully saturated rings. The summed E-state index contributed by atoms with van der Waals surface area (Å²) in [5.41, 5.74) is 2.23. The lowest BCUT2D eigenvalue weighted by Crippen LogP contribution is -2.49. The van der Waals surface area contributed by atoms with Crippen LogP contribution in [-0.2, 0) is 10.2 Å². The summed E-state index contributed by atoms with van der Waals surface area (Å²) in [6.07, 6.45) is 5.33. The Balaban J connectivity index is 1.53. The van der Waals surface area contributed by atoms with Gasteiger partial charge in [-0.3, -0.25) is 19.4 Å². The molecule has 3 aliphatic heterocycles. The summed E-state index contributed by atoms with van der Waals surface area (Å²) in [6.45, 7) is 0. The molecule has 1 amide bonds. The molecule has 0 radical (unpaired) electrons. The quantitative estimate of drug-likeness (QED) is 0.330. The highest BCUT2D eigenvalue weighted by molar-refractivity contribution is 6.16. The summed E-state index contributed by atoms with van der Waals surface area (Å²) in [6, 6.07) is 23.6. The minimum Gasteiger partial charge on any atom is -0.493 e. The number of methoxy groups -OCH3 is 2. The lowest BCUT2D eigenvalue weighted by atomic mass is 9.62. The lowest BCUT2D eigenvalue weighted by molar-refractivity contribution is -0.122. The van der Waals surface area contributed by atoms with E-state index < -0.39 is 23.4 Å². The van der Waals surface area contributed by atoms with Crippen molar-refractivity contribution in [2.45, 2.75) is 17.5 Å². The molecule has 8 heteroatoms. The Bertz CT molecular complexity index is 1790. The van der Waals surface area contributed by atoms with E-state index in [0.717, 1.165) is 11.1 Å². The minimum atomic E-state index is -1.42. The minimum absolute atomic E-state index is 0.224. The fourth-order valence-corrected chi connectivity index (χ4v) is 7.00. The van der Waals surface area contributed by atoms with Crippen LogP contribution in [0.5, 0.6) is 11.5 Å². The van der Waals surface area contributed by atoms with E-state index >= 15 is 0 Å². The molecule has 0 bridgehead atoms. The number of para-hydroxylation sites is 1. The van der Waals surface area contributed by atoms with Gasteiger partial charge in [0.1, 0.15) is 17.2 Å². The Morgan fingerprint density at radius 1 is 0.881 bits per heavy atom. The predicted molar refractivity (Wildman–Crippen MR) is 157 cm³/mol. The second kappa shape index (κ2) is 9.69. The van der Waals surface area contributed by atoms with Gasteiger partial charge in [-0.2, -0.15) is 0 Å². The molecule has 7 rings (SSSR count). The van der Waals surface area contributed by atoms with E-state index in [1.54, 1.807) is 42.6 Å². The zero-order valence-electron chi connectivity index (χ0n) is 23.0. The van der Waals surface area contributed by atoms with Crippen molar-refractivity contribution < 1.29 is 23.9 Å². The highest BCUT2D eigenvalue weighted by Crippen LogP contribution is 2.62. The van der Waals surface area contributed by atoms with Crippen molar-refractivity contribution in [2.24, 2.45) is 5.92 Å². The van der Waals surface area contributed by atoms with Crippen LogP contribution in [0.3, 0.4) is 0 Å². The predicted octanol–water partition coefficient (Wildman–Crippen LogP) is 5.08. The SMILES string of the molecule is COc1ccc(C(=O)[C@@H]2[C@H](C(=O)c3ccccn3)N3C=Cc4ccccc4[C@H]3[C@]23C(=O)Nc2ccccc23)cc1OC.